The van der Waals surface area contributed by atoms with E-state index in [1.54, 1.807) is 0 Å². The molecule has 1 aliphatic rings. The minimum atomic E-state index is 1.00. The minimum Gasteiger partial charge on any atom is -0.0651 e. The Morgan fingerprint density at radius 1 is 1.07 bits per heavy atom. The second kappa shape index (κ2) is 5.78. The van der Waals surface area contributed by atoms with Gasteiger partial charge in [0.25, 0.3) is 0 Å². The Balaban J connectivity index is 2.08. The molecule has 0 nitrogen and oxygen atoms in total. The molecule has 1 saturated carbocycles. The number of hydrogen-bond donors (Lipinski definition) is 0. The molecule has 0 aromatic carbocycles. The molecule has 2 unspecified atom stereocenters. The molecule has 0 aromatic heterocycles. The first-order valence-corrected chi connectivity index (χ1v) is 6.69. The van der Waals surface area contributed by atoms with Gasteiger partial charge in [0.05, 0.1) is 0 Å². The molecule has 0 aliphatic heterocycles. The lowest BCUT2D eigenvalue weighted by Crippen LogP contribution is -2.32. The number of hydrogen-bond acceptors (Lipinski definition) is 0. The second-order valence-electron chi connectivity index (χ2n) is 5.47. The molecule has 0 saturated heterocycles. The van der Waals surface area contributed by atoms with Crippen LogP contribution in [0.4, 0.5) is 0 Å². The van der Waals surface area contributed by atoms with Gasteiger partial charge < -0.3 is 0 Å². The number of rotatable bonds is 6. The summed E-state index contributed by atoms with van der Waals surface area (Å²) in [4.78, 5) is 0. The standard InChI is InChI=1S/C14H28/c1-5-13(6-2)8-7-9-14-11(3)10-12(14)4/h11-14H,5-10H2,1-4H3. The van der Waals surface area contributed by atoms with Crippen LogP contribution in [0.2, 0.25) is 0 Å². The van der Waals surface area contributed by atoms with E-state index < -0.39 is 0 Å². The minimum absolute atomic E-state index is 1.00. The largest absolute Gasteiger partial charge is 0.0651 e. The topological polar surface area (TPSA) is 0 Å². The van der Waals surface area contributed by atoms with Crippen molar-refractivity contribution in [3.05, 3.63) is 0 Å². The molecule has 0 aromatic rings. The SMILES string of the molecule is CCC(CC)CCCC1C(C)CC1C. The van der Waals surface area contributed by atoms with Gasteiger partial charge in [-0.05, 0) is 36.5 Å². The fourth-order valence-corrected chi connectivity index (χ4v) is 3.21. The normalized spacial score (nSPS) is 31.9. The highest BCUT2D eigenvalue weighted by atomic mass is 14.4. The molecule has 0 bridgehead atoms. The quantitative estimate of drug-likeness (QED) is 0.567. The summed E-state index contributed by atoms with van der Waals surface area (Å²) in [6.07, 6.45) is 8.70. The molecule has 0 heterocycles. The van der Waals surface area contributed by atoms with Gasteiger partial charge >= 0.3 is 0 Å². The average Bonchev–Trinajstić information content (AvgIpc) is 2.18. The first kappa shape index (κ1) is 12.1. The van der Waals surface area contributed by atoms with Gasteiger partial charge in [0.15, 0.2) is 0 Å². The Morgan fingerprint density at radius 3 is 2.07 bits per heavy atom. The van der Waals surface area contributed by atoms with Gasteiger partial charge in [-0.2, -0.15) is 0 Å². The Labute approximate surface area is 90.5 Å². The van der Waals surface area contributed by atoms with Crippen molar-refractivity contribution >= 4 is 0 Å². The zero-order valence-corrected chi connectivity index (χ0v) is 10.6. The lowest BCUT2D eigenvalue weighted by molar-refractivity contribution is 0.0881. The fraction of sp³-hybridized carbons (Fsp3) is 1.00. The van der Waals surface area contributed by atoms with Gasteiger partial charge in [-0.15, -0.1) is 0 Å². The molecule has 0 N–H and O–H groups in total. The van der Waals surface area contributed by atoms with Crippen molar-refractivity contribution in [2.75, 3.05) is 0 Å². The Bertz CT molecular complexity index is 138. The Hall–Kier alpha value is 0. The van der Waals surface area contributed by atoms with Gasteiger partial charge in [0.1, 0.15) is 0 Å². The highest BCUT2D eigenvalue weighted by Crippen LogP contribution is 2.43. The van der Waals surface area contributed by atoms with Crippen molar-refractivity contribution in [3.63, 3.8) is 0 Å². The fourth-order valence-electron chi connectivity index (χ4n) is 3.21. The molecule has 2 atom stereocenters. The van der Waals surface area contributed by atoms with Gasteiger partial charge in [0.2, 0.25) is 0 Å². The highest BCUT2D eigenvalue weighted by Gasteiger charge is 2.33. The van der Waals surface area contributed by atoms with Gasteiger partial charge in [-0.25, -0.2) is 0 Å². The van der Waals surface area contributed by atoms with Crippen LogP contribution in [-0.2, 0) is 0 Å². The van der Waals surface area contributed by atoms with E-state index in [9.17, 15) is 0 Å². The third-order valence-electron chi connectivity index (χ3n) is 4.51. The van der Waals surface area contributed by atoms with Crippen molar-refractivity contribution in [2.24, 2.45) is 23.7 Å². The van der Waals surface area contributed by atoms with E-state index in [4.69, 9.17) is 0 Å². The lowest BCUT2D eigenvalue weighted by Gasteiger charge is -2.41. The Kier molecular flexibility index (Phi) is 4.98. The molecule has 0 spiro atoms. The summed E-state index contributed by atoms with van der Waals surface area (Å²) in [5.74, 6) is 4.10. The maximum Gasteiger partial charge on any atom is -0.0362 e. The maximum atomic E-state index is 2.43. The van der Waals surface area contributed by atoms with E-state index in [-0.39, 0.29) is 0 Å². The summed E-state index contributed by atoms with van der Waals surface area (Å²) in [6, 6.07) is 0. The molecule has 1 aliphatic carbocycles. The zero-order valence-electron chi connectivity index (χ0n) is 10.6. The van der Waals surface area contributed by atoms with Gasteiger partial charge in [0, 0.05) is 0 Å². The van der Waals surface area contributed by atoms with E-state index in [1.165, 1.54) is 38.5 Å². The van der Waals surface area contributed by atoms with E-state index in [0.717, 1.165) is 23.7 Å². The van der Waals surface area contributed by atoms with E-state index >= 15 is 0 Å². The third kappa shape index (κ3) is 3.00. The molecule has 0 amide bonds. The van der Waals surface area contributed by atoms with Crippen molar-refractivity contribution in [1.29, 1.82) is 0 Å². The smallest absolute Gasteiger partial charge is 0.0362 e. The molecule has 1 rings (SSSR count). The summed E-state index contributed by atoms with van der Waals surface area (Å²) in [7, 11) is 0. The van der Waals surface area contributed by atoms with Crippen LogP contribution in [-0.4, -0.2) is 0 Å². The van der Waals surface area contributed by atoms with Crippen molar-refractivity contribution in [1.82, 2.24) is 0 Å². The van der Waals surface area contributed by atoms with E-state index in [0.29, 0.717) is 0 Å². The van der Waals surface area contributed by atoms with Gasteiger partial charge in [-0.1, -0.05) is 53.4 Å². The summed E-state index contributed by atoms with van der Waals surface area (Å²) >= 11 is 0. The van der Waals surface area contributed by atoms with Crippen molar-refractivity contribution in [3.8, 4) is 0 Å². The summed E-state index contributed by atoms with van der Waals surface area (Å²) in [5.41, 5.74) is 0. The zero-order chi connectivity index (χ0) is 10.6. The molecule has 14 heavy (non-hydrogen) atoms. The average molecular weight is 196 g/mol. The van der Waals surface area contributed by atoms with Crippen LogP contribution < -0.4 is 0 Å². The van der Waals surface area contributed by atoms with Crippen LogP contribution in [0, 0.1) is 23.7 Å². The van der Waals surface area contributed by atoms with E-state index in [2.05, 4.69) is 27.7 Å². The van der Waals surface area contributed by atoms with Crippen LogP contribution in [0.1, 0.15) is 66.2 Å². The van der Waals surface area contributed by atoms with Crippen molar-refractivity contribution in [2.45, 2.75) is 66.2 Å². The van der Waals surface area contributed by atoms with Crippen molar-refractivity contribution < 1.29 is 0 Å². The van der Waals surface area contributed by atoms with Crippen LogP contribution in [0.25, 0.3) is 0 Å². The van der Waals surface area contributed by atoms with E-state index in [1.807, 2.05) is 0 Å². The monoisotopic (exact) mass is 196 g/mol. The molecule has 1 fully saturated rings. The highest BCUT2D eigenvalue weighted by molar-refractivity contribution is 4.83. The molecule has 0 heteroatoms. The predicted molar refractivity (Wildman–Crippen MR) is 64.4 cm³/mol. The molecular formula is C14H28. The third-order valence-corrected chi connectivity index (χ3v) is 4.51. The lowest BCUT2D eigenvalue weighted by atomic mass is 9.64. The molecule has 0 radical (unpaired) electrons. The van der Waals surface area contributed by atoms with Gasteiger partial charge in [-0.3, -0.25) is 0 Å². The second-order valence-corrected chi connectivity index (χ2v) is 5.47. The Morgan fingerprint density at radius 2 is 1.64 bits per heavy atom. The summed E-state index contributed by atoms with van der Waals surface area (Å²) < 4.78 is 0. The first-order chi connectivity index (χ1) is 6.69. The summed E-state index contributed by atoms with van der Waals surface area (Å²) in [6.45, 7) is 9.54. The first-order valence-electron chi connectivity index (χ1n) is 6.69. The molecule has 84 valence electrons. The van der Waals surface area contributed by atoms with Crippen LogP contribution in [0.3, 0.4) is 0 Å². The summed E-state index contributed by atoms with van der Waals surface area (Å²) in [5, 5.41) is 0. The predicted octanol–water partition coefficient (Wildman–Crippen LogP) is 4.89. The van der Waals surface area contributed by atoms with Crippen LogP contribution in [0.5, 0.6) is 0 Å². The molecular weight excluding hydrogens is 168 g/mol. The maximum absolute atomic E-state index is 2.43. The van der Waals surface area contributed by atoms with Crippen LogP contribution in [0.15, 0.2) is 0 Å². The van der Waals surface area contributed by atoms with Crippen LogP contribution >= 0.6 is 0 Å².